The molecule has 0 aromatic heterocycles. The molecule has 0 aliphatic carbocycles. The number of aliphatic hydroxyl groups is 1. The van der Waals surface area contributed by atoms with E-state index in [1.807, 2.05) is 0 Å². The number of amides is 2. The van der Waals surface area contributed by atoms with Crippen molar-refractivity contribution in [2.75, 3.05) is 26.4 Å². The van der Waals surface area contributed by atoms with Gasteiger partial charge < -0.3 is 25.6 Å². The van der Waals surface area contributed by atoms with Crippen LogP contribution < -0.4 is 10.6 Å². The normalized spacial score (nSPS) is 20.4. The summed E-state index contributed by atoms with van der Waals surface area (Å²) in [6.45, 7) is 1.71. The summed E-state index contributed by atoms with van der Waals surface area (Å²) in [6, 6.07) is -1.57. The summed E-state index contributed by atoms with van der Waals surface area (Å²) in [7, 11) is 0. The van der Waals surface area contributed by atoms with Gasteiger partial charge >= 0.3 is 12.0 Å². The first-order valence-electron chi connectivity index (χ1n) is 6.09. The summed E-state index contributed by atoms with van der Waals surface area (Å²) in [5, 5.41) is 22.4. The van der Waals surface area contributed by atoms with E-state index in [0.717, 1.165) is 26.1 Å². The molecule has 7 heteroatoms. The summed E-state index contributed by atoms with van der Waals surface area (Å²) in [4.78, 5) is 22.1. The number of nitrogens with one attached hydrogen (secondary N) is 2. The molecule has 0 bridgehead atoms. The molecular formula is C11H20N2O5. The van der Waals surface area contributed by atoms with Crippen molar-refractivity contribution in [3.8, 4) is 0 Å². The molecule has 0 spiro atoms. The maximum Gasteiger partial charge on any atom is 0.326 e. The Morgan fingerprint density at radius 1 is 1.44 bits per heavy atom. The average Bonchev–Trinajstić information content (AvgIpc) is 2.81. The van der Waals surface area contributed by atoms with Gasteiger partial charge in [0.2, 0.25) is 0 Å². The SMILES string of the molecule is O=C(NCCC1CCOC1)NC(CCO)C(=O)O. The van der Waals surface area contributed by atoms with Crippen LogP contribution in [-0.4, -0.2) is 54.6 Å². The van der Waals surface area contributed by atoms with E-state index in [1.54, 1.807) is 0 Å². The minimum atomic E-state index is -1.15. The van der Waals surface area contributed by atoms with Crippen molar-refractivity contribution in [1.29, 1.82) is 0 Å². The Morgan fingerprint density at radius 2 is 2.22 bits per heavy atom. The van der Waals surface area contributed by atoms with Crippen LogP contribution in [0.1, 0.15) is 19.3 Å². The Bertz CT molecular complexity index is 279. The highest BCUT2D eigenvalue weighted by atomic mass is 16.5. The molecule has 4 N–H and O–H groups in total. The summed E-state index contributed by atoms with van der Waals surface area (Å²) in [5.74, 6) is -0.679. The van der Waals surface area contributed by atoms with Crippen LogP contribution in [0.5, 0.6) is 0 Å². The van der Waals surface area contributed by atoms with Crippen LogP contribution in [0.25, 0.3) is 0 Å². The first-order chi connectivity index (χ1) is 8.63. The third-order valence-corrected chi connectivity index (χ3v) is 2.88. The van der Waals surface area contributed by atoms with Crippen LogP contribution in [-0.2, 0) is 9.53 Å². The van der Waals surface area contributed by atoms with Gasteiger partial charge in [-0.1, -0.05) is 0 Å². The number of hydrogen-bond donors (Lipinski definition) is 4. The van der Waals surface area contributed by atoms with Crippen LogP contribution >= 0.6 is 0 Å². The molecule has 1 aliphatic rings. The molecule has 1 heterocycles. The van der Waals surface area contributed by atoms with Gasteiger partial charge in [-0.2, -0.15) is 0 Å². The van der Waals surface area contributed by atoms with Crippen molar-refractivity contribution in [2.24, 2.45) is 5.92 Å². The van der Waals surface area contributed by atoms with Gasteiger partial charge in [0.25, 0.3) is 0 Å². The van der Waals surface area contributed by atoms with Crippen molar-refractivity contribution >= 4 is 12.0 Å². The fourth-order valence-electron chi connectivity index (χ4n) is 1.80. The van der Waals surface area contributed by atoms with Gasteiger partial charge in [0.15, 0.2) is 0 Å². The van der Waals surface area contributed by atoms with Crippen LogP contribution in [0.15, 0.2) is 0 Å². The molecule has 1 rings (SSSR count). The minimum absolute atomic E-state index is 0.000775. The molecule has 0 aromatic carbocycles. The number of aliphatic hydroxyl groups excluding tert-OH is 1. The van der Waals surface area contributed by atoms with Crippen LogP contribution in [0.3, 0.4) is 0 Å². The number of aliphatic carboxylic acids is 1. The lowest BCUT2D eigenvalue weighted by atomic mass is 10.1. The average molecular weight is 260 g/mol. The predicted octanol–water partition coefficient (Wildman–Crippen LogP) is -0.452. The second kappa shape index (κ2) is 7.88. The van der Waals surface area contributed by atoms with Gasteiger partial charge in [0.05, 0.1) is 0 Å². The largest absolute Gasteiger partial charge is 0.480 e. The van der Waals surface area contributed by atoms with Crippen molar-refractivity contribution < 1.29 is 24.5 Å². The standard InChI is InChI=1S/C11H20N2O5/c14-5-2-9(10(15)16)13-11(17)12-4-1-8-3-6-18-7-8/h8-9,14H,1-7H2,(H,15,16)(H2,12,13,17). The highest BCUT2D eigenvalue weighted by Crippen LogP contribution is 2.14. The Morgan fingerprint density at radius 3 is 2.78 bits per heavy atom. The van der Waals surface area contributed by atoms with E-state index in [4.69, 9.17) is 14.9 Å². The molecule has 104 valence electrons. The van der Waals surface area contributed by atoms with Crippen molar-refractivity contribution in [1.82, 2.24) is 10.6 Å². The fourth-order valence-corrected chi connectivity index (χ4v) is 1.80. The van der Waals surface area contributed by atoms with E-state index in [9.17, 15) is 9.59 Å². The molecule has 2 atom stereocenters. The maximum atomic E-state index is 11.4. The number of ether oxygens (including phenoxy) is 1. The lowest BCUT2D eigenvalue weighted by molar-refractivity contribution is -0.139. The lowest BCUT2D eigenvalue weighted by Gasteiger charge is -2.14. The lowest BCUT2D eigenvalue weighted by Crippen LogP contribution is -2.46. The first-order valence-corrected chi connectivity index (χ1v) is 6.09. The molecule has 18 heavy (non-hydrogen) atoms. The number of rotatable bonds is 7. The first kappa shape index (κ1) is 14.7. The van der Waals surface area contributed by atoms with E-state index in [-0.39, 0.29) is 13.0 Å². The number of hydrogen-bond acceptors (Lipinski definition) is 4. The van der Waals surface area contributed by atoms with Crippen molar-refractivity contribution in [3.63, 3.8) is 0 Å². The molecule has 2 unspecified atom stereocenters. The van der Waals surface area contributed by atoms with Gasteiger partial charge in [-0.3, -0.25) is 0 Å². The second-order valence-corrected chi connectivity index (χ2v) is 4.32. The Hall–Kier alpha value is -1.34. The summed E-state index contributed by atoms with van der Waals surface area (Å²) in [6.07, 6.45) is 1.83. The predicted molar refractivity (Wildman–Crippen MR) is 63.2 cm³/mol. The summed E-state index contributed by atoms with van der Waals surface area (Å²) in [5.41, 5.74) is 0. The number of carboxylic acid groups (broad SMARTS) is 1. The Labute approximate surface area is 106 Å². The van der Waals surface area contributed by atoms with E-state index in [1.165, 1.54) is 0 Å². The Balaban J connectivity index is 2.16. The fraction of sp³-hybridized carbons (Fsp3) is 0.818. The molecule has 1 aliphatic heterocycles. The maximum absolute atomic E-state index is 11.4. The third kappa shape index (κ3) is 5.33. The Kier molecular flexibility index (Phi) is 6.45. The van der Waals surface area contributed by atoms with Gasteiger partial charge in [-0.05, 0) is 18.8 Å². The minimum Gasteiger partial charge on any atom is -0.480 e. The number of carbonyl (C=O) groups is 2. The molecule has 1 saturated heterocycles. The van der Waals surface area contributed by atoms with Crippen LogP contribution in [0.2, 0.25) is 0 Å². The highest BCUT2D eigenvalue weighted by molar-refractivity contribution is 5.82. The van der Waals surface area contributed by atoms with Crippen LogP contribution in [0, 0.1) is 5.92 Å². The van der Waals surface area contributed by atoms with Gasteiger partial charge in [-0.25, -0.2) is 9.59 Å². The zero-order valence-corrected chi connectivity index (χ0v) is 10.2. The molecule has 2 amide bonds. The number of carboxylic acids is 1. The molecule has 0 radical (unpaired) electrons. The quantitative estimate of drug-likeness (QED) is 0.496. The van der Waals surface area contributed by atoms with Gasteiger partial charge in [0, 0.05) is 32.8 Å². The van der Waals surface area contributed by atoms with E-state index >= 15 is 0 Å². The summed E-state index contributed by atoms with van der Waals surface area (Å²) < 4.78 is 5.21. The zero-order chi connectivity index (χ0) is 13.4. The molecular weight excluding hydrogens is 240 g/mol. The van der Waals surface area contributed by atoms with E-state index < -0.39 is 18.0 Å². The molecule has 0 saturated carbocycles. The van der Waals surface area contributed by atoms with Crippen molar-refractivity contribution in [3.05, 3.63) is 0 Å². The van der Waals surface area contributed by atoms with E-state index in [2.05, 4.69) is 10.6 Å². The van der Waals surface area contributed by atoms with E-state index in [0.29, 0.717) is 12.5 Å². The molecule has 1 fully saturated rings. The number of urea groups is 1. The third-order valence-electron chi connectivity index (χ3n) is 2.88. The second-order valence-electron chi connectivity index (χ2n) is 4.32. The van der Waals surface area contributed by atoms with Gasteiger partial charge in [0.1, 0.15) is 6.04 Å². The van der Waals surface area contributed by atoms with Gasteiger partial charge in [-0.15, -0.1) is 0 Å². The number of carbonyl (C=O) groups excluding carboxylic acids is 1. The highest BCUT2D eigenvalue weighted by Gasteiger charge is 2.19. The topological polar surface area (TPSA) is 108 Å². The molecule has 0 aromatic rings. The smallest absolute Gasteiger partial charge is 0.326 e. The monoisotopic (exact) mass is 260 g/mol. The summed E-state index contributed by atoms with van der Waals surface area (Å²) >= 11 is 0. The zero-order valence-electron chi connectivity index (χ0n) is 10.2. The van der Waals surface area contributed by atoms with Crippen molar-refractivity contribution in [2.45, 2.75) is 25.3 Å². The molecule has 7 nitrogen and oxygen atoms in total. The van der Waals surface area contributed by atoms with Crippen LogP contribution in [0.4, 0.5) is 4.79 Å².